The minimum Gasteiger partial charge on any atom is -0.435 e. The van der Waals surface area contributed by atoms with E-state index in [1.807, 2.05) is 0 Å². The van der Waals surface area contributed by atoms with Crippen LogP contribution in [0, 0.1) is 0 Å². The van der Waals surface area contributed by atoms with Gasteiger partial charge in [-0.1, -0.05) is 24.3 Å². The van der Waals surface area contributed by atoms with Gasteiger partial charge in [-0.3, -0.25) is 4.79 Å². The van der Waals surface area contributed by atoms with Crippen molar-refractivity contribution < 1.29 is 31.8 Å². The lowest BCUT2D eigenvalue weighted by molar-refractivity contribution is -0.119. The van der Waals surface area contributed by atoms with Crippen LogP contribution < -0.4 is 20.1 Å². The van der Waals surface area contributed by atoms with E-state index >= 15 is 0 Å². The fraction of sp³-hybridized carbons (Fsp3) is 0.278. The third-order valence-corrected chi connectivity index (χ3v) is 3.43. The van der Waals surface area contributed by atoms with Gasteiger partial charge in [0.1, 0.15) is 11.5 Å². The third-order valence-electron chi connectivity index (χ3n) is 3.43. The molecule has 5 nitrogen and oxygen atoms in total. The first-order valence-corrected chi connectivity index (χ1v) is 8.02. The average Bonchev–Trinajstić information content (AvgIpc) is 2.61. The molecular formula is C18H18F4N2O3. The fourth-order valence-electron chi connectivity index (χ4n) is 2.23. The Kier molecular flexibility index (Phi) is 7.72. The van der Waals surface area contributed by atoms with Crippen LogP contribution >= 0.6 is 0 Å². The Morgan fingerprint density at radius 3 is 2.26 bits per heavy atom. The first-order valence-electron chi connectivity index (χ1n) is 8.02. The molecule has 0 saturated heterocycles. The van der Waals surface area contributed by atoms with Crippen molar-refractivity contribution in [1.82, 2.24) is 5.32 Å². The Labute approximate surface area is 153 Å². The number of nitrogens with one attached hydrogen (secondary N) is 2. The zero-order chi connectivity index (χ0) is 19.6. The maximum Gasteiger partial charge on any atom is 0.387 e. The van der Waals surface area contributed by atoms with Crippen LogP contribution in [0.25, 0.3) is 0 Å². The second-order valence-electron chi connectivity index (χ2n) is 5.35. The quantitative estimate of drug-likeness (QED) is 0.612. The van der Waals surface area contributed by atoms with Gasteiger partial charge < -0.3 is 20.1 Å². The molecule has 2 rings (SSSR count). The molecule has 0 aliphatic rings. The summed E-state index contributed by atoms with van der Waals surface area (Å²) >= 11 is 0. The number of carbonyl (C=O) groups is 1. The molecule has 0 atom stereocenters. The molecule has 0 heterocycles. The molecule has 2 aromatic rings. The highest BCUT2D eigenvalue weighted by molar-refractivity contribution is 5.81. The van der Waals surface area contributed by atoms with E-state index in [4.69, 9.17) is 0 Å². The maximum absolute atomic E-state index is 12.3. The van der Waals surface area contributed by atoms with E-state index in [0.717, 1.165) is 5.56 Å². The van der Waals surface area contributed by atoms with Gasteiger partial charge in [-0.2, -0.15) is 17.6 Å². The van der Waals surface area contributed by atoms with Gasteiger partial charge in [0.05, 0.1) is 12.2 Å². The summed E-state index contributed by atoms with van der Waals surface area (Å²) in [5.74, 6) is -0.322. The largest absolute Gasteiger partial charge is 0.435 e. The number of anilines is 1. The number of benzene rings is 2. The summed E-state index contributed by atoms with van der Waals surface area (Å²) in [4.78, 5) is 11.8. The number of amides is 1. The van der Waals surface area contributed by atoms with Crippen LogP contribution in [0.2, 0.25) is 0 Å². The predicted molar refractivity (Wildman–Crippen MR) is 91.4 cm³/mol. The van der Waals surface area contributed by atoms with Gasteiger partial charge in [0.25, 0.3) is 0 Å². The van der Waals surface area contributed by atoms with Crippen molar-refractivity contribution in [2.24, 2.45) is 0 Å². The van der Waals surface area contributed by atoms with Gasteiger partial charge in [-0.05, 0) is 36.2 Å². The van der Waals surface area contributed by atoms with E-state index in [2.05, 4.69) is 20.1 Å². The van der Waals surface area contributed by atoms with E-state index in [9.17, 15) is 22.4 Å². The third kappa shape index (κ3) is 7.43. The van der Waals surface area contributed by atoms with E-state index in [0.29, 0.717) is 13.0 Å². The summed E-state index contributed by atoms with van der Waals surface area (Å²) in [5.41, 5.74) is 1.11. The fourth-order valence-corrected chi connectivity index (χ4v) is 2.23. The Morgan fingerprint density at radius 2 is 1.59 bits per heavy atom. The molecule has 0 fully saturated rings. The summed E-state index contributed by atoms with van der Waals surface area (Å²) < 4.78 is 57.4. The van der Waals surface area contributed by atoms with Crippen LogP contribution in [0.5, 0.6) is 11.5 Å². The summed E-state index contributed by atoms with van der Waals surface area (Å²) in [7, 11) is 0. The standard InChI is InChI=1S/C18H18F4N2O3/c19-17(20)26-13-7-5-12(6-8-13)9-10-23-16(25)11-24-14-3-1-2-4-15(14)27-18(21)22/h1-8,17-18,24H,9-11H2,(H,23,25). The minimum atomic E-state index is -2.96. The first-order chi connectivity index (χ1) is 12.9. The number of hydrogen-bond acceptors (Lipinski definition) is 4. The average molecular weight is 386 g/mol. The molecule has 0 spiro atoms. The SMILES string of the molecule is O=C(CNc1ccccc1OC(F)F)NCCc1ccc(OC(F)F)cc1. The lowest BCUT2D eigenvalue weighted by Crippen LogP contribution is -2.31. The normalized spacial score (nSPS) is 10.7. The highest BCUT2D eigenvalue weighted by Crippen LogP contribution is 2.25. The molecule has 0 aliphatic heterocycles. The summed E-state index contributed by atoms with van der Waals surface area (Å²) in [6, 6.07) is 12.2. The number of alkyl halides is 4. The highest BCUT2D eigenvalue weighted by atomic mass is 19.3. The van der Waals surface area contributed by atoms with Gasteiger partial charge in [-0.15, -0.1) is 0 Å². The number of rotatable bonds is 10. The minimum absolute atomic E-state index is 0.0496. The lowest BCUT2D eigenvalue weighted by Gasteiger charge is -2.12. The van der Waals surface area contributed by atoms with Crippen molar-refractivity contribution in [2.45, 2.75) is 19.6 Å². The van der Waals surface area contributed by atoms with E-state index in [-0.39, 0.29) is 29.6 Å². The smallest absolute Gasteiger partial charge is 0.387 e. The van der Waals surface area contributed by atoms with Gasteiger partial charge in [0.2, 0.25) is 5.91 Å². The predicted octanol–water partition coefficient (Wildman–Crippen LogP) is 3.66. The van der Waals surface area contributed by atoms with Crippen LogP contribution in [-0.4, -0.2) is 32.2 Å². The zero-order valence-corrected chi connectivity index (χ0v) is 14.1. The van der Waals surface area contributed by atoms with Crippen molar-refractivity contribution in [1.29, 1.82) is 0 Å². The van der Waals surface area contributed by atoms with Crippen LogP contribution in [-0.2, 0) is 11.2 Å². The number of ether oxygens (including phenoxy) is 2. The molecule has 0 aromatic heterocycles. The molecule has 2 N–H and O–H groups in total. The van der Waals surface area contributed by atoms with Gasteiger partial charge in [-0.25, -0.2) is 0 Å². The highest BCUT2D eigenvalue weighted by Gasteiger charge is 2.10. The van der Waals surface area contributed by atoms with Crippen molar-refractivity contribution in [3.05, 3.63) is 54.1 Å². The molecule has 27 heavy (non-hydrogen) atoms. The molecule has 0 bridgehead atoms. The van der Waals surface area contributed by atoms with Gasteiger partial charge in [0.15, 0.2) is 0 Å². The van der Waals surface area contributed by atoms with Crippen LogP contribution in [0.15, 0.2) is 48.5 Å². The first kappa shape index (κ1) is 20.3. The Morgan fingerprint density at radius 1 is 0.926 bits per heavy atom. The molecule has 0 aliphatic carbocycles. The lowest BCUT2D eigenvalue weighted by atomic mass is 10.1. The Bertz CT molecular complexity index is 727. The molecule has 0 radical (unpaired) electrons. The molecule has 9 heteroatoms. The summed E-state index contributed by atoms with van der Waals surface area (Å²) in [5, 5.41) is 5.40. The van der Waals surface area contributed by atoms with E-state index in [1.165, 1.54) is 24.3 Å². The van der Waals surface area contributed by atoms with Crippen LogP contribution in [0.1, 0.15) is 5.56 Å². The topological polar surface area (TPSA) is 59.6 Å². The Hall–Kier alpha value is -2.97. The molecule has 1 amide bonds. The van der Waals surface area contributed by atoms with Crippen molar-refractivity contribution in [3.8, 4) is 11.5 Å². The van der Waals surface area contributed by atoms with Gasteiger partial charge in [0, 0.05) is 6.54 Å². The van der Waals surface area contributed by atoms with Crippen LogP contribution in [0.4, 0.5) is 23.2 Å². The van der Waals surface area contributed by atoms with Crippen molar-refractivity contribution in [3.63, 3.8) is 0 Å². The monoisotopic (exact) mass is 386 g/mol. The summed E-state index contributed by atoms with van der Waals surface area (Å²) in [6.45, 7) is -5.63. The maximum atomic E-state index is 12.3. The van der Waals surface area contributed by atoms with E-state index in [1.54, 1.807) is 24.3 Å². The number of hydrogen-bond donors (Lipinski definition) is 2. The van der Waals surface area contributed by atoms with Crippen molar-refractivity contribution in [2.75, 3.05) is 18.4 Å². The number of carbonyl (C=O) groups excluding carboxylic acids is 1. The van der Waals surface area contributed by atoms with E-state index < -0.39 is 13.2 Å². The molecule has 0 unspecified atom stereocenters. The van der Waals surface area contributed by atoms with Crippen LogP contribution in [0.3, 0.4) is 0 Å². The molecule has 0 saturated carbocycles. The van der Waals surface area contributed by atoms with Crippen molar-refractivity contribution >= 4 is 11.6 Å². The van der Waals surface area contributed by atoms with Gasteiger partial charge >= 0.3 is 13.2 Å². The number of para-hydroxylation sites is 2. The second kappa shape index (κ2) is 10.2. The molecule has 2 aromatic carbocycles. The number of halogens is 4. The Balaban J connectivity index is 1.74. The molecular weight excluding hydrogens is 368 g/mol. The summed E-state index contributed by atoms with van der Waals surface area (Å²) in [6.07, 6.45) is 0.492. The second-order valence-corrected chi connectivity index (χ2v) is 5.35. The molecule has 146 valence electrons. The zero-order valence-electron chi connectivity index (χ0n) is 14.1.